The fraction of sp³-hybridized carbons (Fsp3) is 0.412. The summed E-state index contributed by atoms with van der Waals surface area (Å²) in [6.45, 7) is 2.73. The van der Waals surface area contributed by atoms with Crippen molar-refractivity contribution in [2.75, 3.05) is 6.54 Å². The highest BCUT2D eigenvalue weighted by Crippen LogP contribution is 2.34. The third-order valence-electron chi connectivity index (χ3n) is 4.28. The number of aryl methyl sites for hydroxylation is 1. The SMILES string of the molecule is Cc1cccnc1C(c1ccco1)N1CCCCC1C(=O)O. The van der Waals surface area contributed by atoms with E-state index in [0.717, 1.165) is 36.4 Å². The van der Waals surface area contributed by atoms with Crippen LogP contribution in [0.15, 0.2) is 41.1 Å². The van der Waals surface area contributed by atoms with E-state index in [4.69, 9.17) is 4.42 Å². The quantitative estimate of drug-likeness (QED) is 0.940. The summed E-state index contributed by atoms with van der Waals surface area (Å²) >= 11 is 0. The van der Waals surface area contributed by atoms with Gasteiger partial charge in [-0.3, -0.25) is 14.7 Å². The molecular weight excluding hydrogens is 280 g/mol. The summed E-state index contributed by atoms with van der Waals surface area (Å²) in [6, 6.07) is 6.87. The van der Waals surface area contributed by atoms with E-state index in [-0.39, 0.29) is 6.04 Å². The highest BCUT2D eigenvalue weighted by molar-refractivity contribution is 5.73. The van der Waals surface area contributed by atoms with Gasteiger partial charge in [0.25, 0.3) is 0 Å². The second-order valence-corrected chi connectivity index (χ2v) is 5.71. The molecule has 1 aliphatic heterocycles. The van der Waals surface area contributed by atoms with Gasteiger partial charge in [0.05, 0.1) is 12.0 Å². The number of hydrogen-bond acceptors (Lipinski definition) is 4. The maximum Gasteiger partial charge on any atom is 0.320 e. The average Bonchev–Trinajstić information content (AvgIpc) is 3.04. The lowest BCUT2D eigenvalue weighted by Crippen LogP contribution is -2.47. The summed E-state index contributed by atoms with van der Waals surface area (Å²) in [5.41, 5.74) is 1.91. The van der Waals surface area contributed by atoms with Gasteiger partial charge in [0.1, 0.15) is 17.8 Å². The average molecular weight is 300 g/mol. The maximum atomic E-state index is 11.7. The number of pyridine rings is 1. The number of carbonyl (C=O) groups is 1. The van der Waals surface area contributed by atoms with Crippen LogP contribution in [0.2, 0.25) is 0 Å². The molecule has 0 aromatic carbocycles. The predicted molar refractivity (Wildman–Crippen MR) is 81.5 cm³/mol. The third kappa shape index (κ3) is 2.76. The van der Waals surface area contributed by atoms with Crippen LogP contribution in [0.4, 0.5) is 0 Å². The Balaban J connectivity index is 2.05. The molecule has 3 rings (SSSR count). The summed E-state index contributed by atoms with van der Waals surface area (Å²) in [6.07, 6.45) is 5.98. The second kappa shape index (κ2) is 6.32. The molecule has 2 atom stereocenters. The van der Waals surface area contributed by atoms with E-state index in [9.17, 15) is 9.90 Å². The lowest BCUT2D eigenvalue weighted by atomic mass is 9.95. The Morgan fingerprint density at radius 1 is 1.41 bits per heavy atom. The van der Waals surface area contributed by atoms with E-state index in [1.54, 1.807) is 12.5 Å². The highest BCUT2D eigenvalue weighted by Gasteiger charge is 2.37. The van der Waals surface area contributed by atoms with Crippen LogP contribution in [0.25, 0.3) is 0 Å². The molecule has 2 aromatic rings. The van der Waals surface area contributed by atoms with Crippen LogP contribution in [-0.2, 0) is 4.79 Å². The molecule has 2 unspecified atom stereocenters. The van der Waals surface area contributed by atoms with Gasteiger partial charge in [0.15, 0.2) is 0 Å². The van der Waals surface area contributed by atoms with Gasteiger partial charge in [-0.2, -0.15) is 0 Å². The smallest absolute Gasteiger partial charge is 0.320 e. The molecule has 0 saturated carbocycles. The summed E-state index contributed by atoms with van der Waals surface area (Å²) in [5, 5.41) is 9.58. The van der Waals surface area contributed by atoms with Crippen LogP contribution < -0.4 is 0 Å². The first kappa shape index (κ1) is 14.8. The Labute approximate surface area is 129 Å². The van der Waals surface area contributed by atoms with Crippen molar-refractivity contribution in [3.8, 4) is 0 Å². The maximum absolute atomic E-state index is 11.7. The highest BCUT2D eigenvalue weighted by atomic mass is 16.4. The Morgan fingerprint density at radius 2 is 2.27 bits per heavy atom. The zero-order valence-electron chi connectivity index (χ0n) is 12.6. The number of rotatable bonds is 4. The van der Waals surface area contributed by atoms with Gasteiger partial charge < -0.3 is 9.52 Å². The van der Waals surface area contributed by atoms with Crippen molar-refractivity contribution in [3.05, 3.63) is 53.7 Å². The van der Waals surface area contributed by atoms with Crippen LogP contribution in [0.1, 0.15) is 42.3 Å². The Morgan fingerprint density at radius 3 is 2.95 bits per heavy atom. The number of piperidine rings is 1. The van der Waals surface area contributed by atoms with Crippen molar-refractivity contribution >= 4 is 5.97 Å². The minimum absolute atomic E-state index is 0.252. The van der Waals surface area contributed by atoms with Crippen molar-refractivity contribution in [2.45, 2.75) is 38.3 Å². The van der Waals surface area contributed by atoms with Crippen LogP contribution in [-0.4, -0.2) is 33.5 Å². The molecule has 0 spiro atoms. The van der Waals surface area contributed by atoms with Crippen molar-refractivity contribution in [2.24, 2.45) is 0 Å². The summed E-state index contributed by atoms with van der Waals surface area (Å²) in [5.74, 6) is -0.0280. The molecule has 2 aromatic heterocycles. The van der Waals surface area contributed by atoms with E-state index in [1.165, 1.54) is 0 Å². The molecule has 22 heavy (non-hydrogen) atoms. The number of nitrogens with zero attached hydrogens (tertiary/aromatic N) is 2. The molecular formula is C17H20N2O3. The summed E-state index contributed by atoms with van der Waals surface area (Å²) < 4.78 is 5.61. The number of carboxylic acid groups (broad SMARTS) is 1. The van der Waals surface area contributed by atoms with E-state index in [2.05, 4.69) is 4.98 Å². The monoisotopic (exact) mass is 300 g/mol. The molecule has 1 saturated heterocycles. The van der Waals surface area contributed by atoms with E-state index in [1.807, 2.05) is 36.1 Å². The zero-order chi connectivity index (χ0) is 15.5. The van der Waals surface area contributed by atoms with Crippen LogP contribution >= 0.6 is 0 Å². The molecule has 1 N–H and O–H groups in total. The van der Waals surface area contributed by atoms with Gasteiger partial charge in [-0.1, -0.05) is 12.5 Å². The molecule has 0 bridgehead atoms. The van der Waals surface area contributed by atoms with Crippen LogP contribution in [0.3, 0.4) is 0 Å². The standard InChI is InChI=1S/C17H20N2O3/c1-12-6-4-9-18-15(12)16(14-8-5-11-22-14)19-10-3-2-7-13(19)17(20)21/h4-6,8-9,11,13,16H,2-3,7,10H2,1H3,(H,20,21). The fourth-order valence-corrected chi connectivity index (χ4v) is 3.21. The summed E-state index contributed by atoms with van der Waals surface area (Å²) in [7, 11) is 0. The molecule has 3 heterocycles. The van der Waals surface area contributed by atoms with Gasteiger partial charge >= 0.3 is 5.97 Å². The number of hydrogen-bond donors (Lipinski definition) is 1. The van der Waals surface area contributed by atoms with Crippen molar-refractivity contribution in [1.29, 1.82) is 0 Å². The molecule has 5 nitrogen and oxygen atoms in total. The zero-order valence-corrected chi connectivity index (χ0v) is 12.6. The van der Waals surface area contributed by atoms with Crippen LogP contribution in [0, 0.1) is 6.92 Å². The number of aromatic nitrogens is 1. The molecule has 1 fully saturated rings. The van der Waals surface area contributed by atoms with Crippen molar-refractivity contribution in [1.82, 2.24) is 9.88 Å². The molecule has 0 amide bonds. The van der Waals surface area contributed by atoms with Crippen molar-refractivity contribution < 1.29 is 14.3 Å². The van der Waals surface area contributed by atoms with Gasteiger partial charge in [-0.05, 0) is 43.5 Å². The Kier molecular flexibility index (Phi) is 4.24. The van der Waals surface area contributed by atoms with E-state index in [0.29, 0.717) is 6.42 Å². The van der Waals surface area contributed by atoms with Crippen LogP contribution in [0.5, 0.6) is 0 Å². The number of carboxylic acids is 1. The Hall–Kier alpha value is -2.14. The van der Waals surface area contributed by atoms with E-state index < -0.39 is 12.0 Å². The lowest BCUT2D eigenvalue weighted by Gasteiger charge is -2.38. The molecule has 0 radical (unpaired) electrons. The second-order valence-electron chi connectivity index (χ2n) is 5.71. The summed E-state index contributed by atoms with van der Waals surface area (Å²) in [4.78, 5) is 18.2. The molecule has 116 valence electrons. The number of furan rings is 1. The predicted octanol–water partition coefficient (Wildman–Crippen LogP) is 3.01. The van der Waals surface area contributed by atoms with Gasteiger partial charge in [0, 0.05) is 12.7 Å². The third-order valence-corrected chi connectivity index (χ3v) is 4.28. The van der Waals surface area contributed by atoms with Gasteiger partial charge in [-0.25, -0.2) is 0 Å². The molecule has 1 aliphatic rings. The number of aliphatic carboxylic acids is 1. The molecule has 0 aliphatic carbocycles. The topological polar surface area (TPSA) is 66.6 Å². The number of likely N-dealkylation sites (tertiary alicyclic amines) is 1. The molecule has 5 heteroatoms. The van der Waals surface area contributed by atoms with Gasteiger partial charge in [-0.15, -0.1) is 0 Å². The van der Waals surface area contributed by atoms with Crippen molar-refractivity contribution in [3.63, 3.8) is 0 Å². The fourth-order valence-electron chi connectivity index (χ4n) is 3.21. The first-order valence-electron chi connectivity index (χ1n) is 7.62. The first-order chi connectivity index (χ1) is 10.7. The minimum Gasteiger partial charge on any atom is -0.480 e. The largest absolute Gasteiger partial charge is 0.480 e. The van der Waals surface area contributed by atoms with Gasteiger partial charge in [0.2, 0.25) is 0 Å². The Bertz CT molecular complexity index is 639. The lowest BCUT2D eigenvalue weighted by molar-refractivity contribution is -0.145. The van der Waals surface area contributed by atoms with E-state index >= 15 is 0 Å². The minimum atomic E-state index is -0.773. The normalized spacial score (nSPS) is 20.7. The first-order valence-corrected chi connectivity index (χ1v) is 7.62.